The molecule has 0 atom stereocenters. The summed E-state index contributed by atoms with van der Waals surface area (Å²) in [4.78, 5) is 17.5. The Bertz CT molecular complexity index is 1150. The lowest BCUT2D eigenvalue weighted by molar-refractivity contribution is -0.134. The van der Waals surface area contributed by atoms with Gasteiger partial charge in [0.2, 0.25) is 0 Å². The fraction of sp³-hybridized carbons (Fsp3) is 0.120. The van der Waals surface area contributed by atoms with Gasteiger partial charge in [0, 0.05) is 17.0 Å². The van der Waals surface area contributed by atoms with Crippen LogP contribution in [0.2, 0.25) is 10.0 Å². The van der Waals surface area contributed by atoms with Crippen LogP contribution >= 0.6 is 23.2 Å². The van der Waals surface area contributed by atoms with E-state index in [0.717, 1.165) is 16.8 Å². The van der Waals surface area contributed by atoms with E-state index in [1.807, 2.05) is 79.7 Å². The maximum atomic E-state index is 13.0. The van der Waals surface area contributed by atoms with Gasteiger partial charge in [-0.25, -0.2) is 4.98 Å². The SMILES string of the molecule is Cc1ccc2c(Cl)cc(Cl)c(OC(=O)CC(c3ccccc3)c3ccccc3)c2n1. The topological polar surface area (TPSA) is 39.2 Å². The first-order valence-electron chi connectivity index (χ1n) is 9.59. The zero-order valence-electron chi connectivity index (χ0n) is 16.3. The number of hydrogen-bond donors (Lipinski definition) is 0. The molecule has 0 bridgehead atoms. The molecule has 0 fully saturated rings. The van der Waals surface area contributed by atoms with Crippen molar-refractivity contribution in [1.29, 1.82) is 0 Å². The Morgan fingerprint density at radius 1 is 0.900 bits per heavy atom. The summed E-state index contributed by atoms with van der Waals surface area (Å²) in [6, 6.07) is 25.1. The Morgan fingerprint density at radius 2 is 1.50 bits per heavy atom. The van der Waals surface area contributed by atoms with E-state index < -0.39 is 0 Å². The first-order chi connectivity index (χ1) is 14.5. The second-order valence-electron chi connectivity index (χ2n) is 7.07. The normalized spacial score (nSPS) is 11.1. The molecule has 0 aliphatic rings. The van der Waals surface area contributed by atoms with Gasteiger partial charge in [-0.1, -0.05) is 83.9 Å². The number of pyridine rings is 1. The van der Waals surface area contributed by atoms with Crippen LogP contribution in [0.1, 0.15) is 29.2 Å². The van der Waals surface area contributed by atoms with Crippen LogP contribution in [0.25, 0.3) is 10.9 Å². The summed E-state index contributed by atoms with van der Waals surface area (Å²) in [6.07, 6.45) is 0.167. The van der Waals surface area contributed by atoms with E-state index in [-0.39, 0.29) is 29.1 Å². The van der Waals surface area contributed by atoms with Gasteiger partial charge >= 0.3 is 5.97 Å². The molecule has 0 aliphatic carbocycles. The minimum absolute atomic E-state index is 0.132. The van der Waals surface area contributed by atoms with Crippen LogP contribution in [0.15, 0.2) is 78.9 Å². The van der Waals surface area contributed by atoms with Crippen LogP contribution in [-0.4, -0.2) is 11.0 Å². The quantitative estimate of drug-likeness (QED) is 0.250. The van der Waals surface area contributed by atoms with Gasteiger partial charge in [0.15, 0.2) is 5.75 Å². The van der Waals surface area contributed by atoms with Crippen molar-refractivity contribution >= 4 is 40.1 Å². The highest BCUT2D eigenvalue weighted by molar-refractivity contribution is 6.39. The summed E-state index contributed by atoms with van der Waals surface area (Å²) in [5.74, 6) is -0.280. The van der Waals surface area contributed by atoms with Gasteiger partial charge in [0.25, 0.3) is 0 Å². The molecule has 150 valence electrons. The van der Waals surface area contributed by atoms with Crippen LogP contribution in [0.3, 0.4) is 0 Å². The van der Waals surface area contributed by atoms with Gasteiger partial charge in [-0.15, -0.1) is 0 Å². The summed E-state index contributed by atoms with van der Waals surface area (Å²) < 4.78 is 5.75. The Kier molecular flexibility index (Phi) is 6.03. The zero-order chi connectivity index (χ0) is 21.1. The van der Waals surface area contributed by atoms with E-state index in [0.29, 0.717) is 15.9 Å². The molecular weight excluding hydrogens is 417 g/mol. The average molecular weight is 436 g/mol. The van der Waals surface area contributed by atoms with Crippen molar-refractivity contribution in [2.75, 3.05) is 0 Å². The zero-order valence-corrected chi connectivity index (χ0v) is 17.8. The minimum atomic E-state index is -0.387. The van der Waals surface area contributed by atoms with Crippen molar-refractivity contribution in [2.45, 2.75) is 19.3 Å². The molecule has 5 heteroatoms. The van der Waals surface area contributed by atoms with Crippen molar-refractivity contribution in [3.63, 3.8) is 0 Å². The van der Waals surface area contributed by atoms with Crippen LogP contribution < -0.4 is 4.74 Å². The van der Waals surface area contributed by atoms with E-state index in [1.165, 1.54) is 0 Å². The van der Waals surface area contributed by atoms with Gasteiger partial charge in [0.05, 0.1) is 16.5 Å². The van der Waals surface area contributed by atoms with Gasteiger partial charge in [-0.05, 0) is 36.2 Å². The number of hydrogen-bond acceptors (Lipinski definition) is 3. The fourth-order valence-electron chi connectivity index (χ4n) is 3.51. The third kappa shape index (κ3) is 4.33. The van der Waals surface area contributed by atoms with Crippen molar-refractivity contribution in [3.8, 4) is 5.75 Å². The van der Waals surface area contributed by atoms with Crippen molar-refractivity contribution in [3.05, 3.63) is 106 Å². The number of esters is 1. The van der Waals surface area contributed by atoms with E-state index >= 15 is 0 Å². The number of aryl methyl sites for hydroxylation is 1. The third-order valence-corrected chi connectivity index (χ3v) is 5.56. The highest BCUT2D eigenvalue weighted by atomic mass is 35.5. The molecule has 0 amide bonds. The maximum absolute atomic E-state index is 13.0. The molecule has 0 spiro atoms. The predicted octanol–water partition coefficient (Wildman–Crippen LogP) is 6.98. The molecule has 0 N–H and O–H groups in total. The first kappa shape index (κ1) is 20.4. The Morgan fingerprint density at radius 3 is 2.10 bits per heavy atom. The molecule has 1 heterocycles. The smallest absolute Gasteiger partial charge is 0.312 e. The summed E-state index contributed by atoms with van der Waals surface area (Å²) in [7, 11) is 0. The monoisotopic (exact) mass is 435 g/mol. The first-order valence-corrected chi connectivity index (χ1v) is 10.3. The number of nitrogens with zero attached hydrogens (tertiary/aromatic N) is 1. The Balaban J connectivity index is 1.67. The lowest BCUT2D eigenvalue weighted by Gasteiger charge is -2.18. The molecular formula is C25H19Cl2NO2. The molecule has 1 aromatic heterocycles. The molecule has 3 aromatic carbocycles. The summed E-state index contributed by atoms with van der Waals surface area (Å²) >= 11 is 12.7. The fourth-order valence-corrected chi connectivity index (χ4v) is 4.06. The number of carbonyl (C=O) groups excluding carboxylic acids is 1. The van der Waals surface area contributed by atoms with E-state index in [2.05, 4.69) is 4.98 Å². The molecule has 0 radical (unpaired) electrons. The summed E-state index contributed by atoms with van der Waals surface area (Å²) in [5, 5.41) is 1.42. The van der Waals surface area contributed by atoms with Gasteiger partial charge < -0.3 is 4.74 Å². The Hall–Kier alpha value is -2.88. The van der Waals surface area contributed by atoms with Crippen molar-refractivity contribution in [1.82, 2.24) is 4.98 Å². The van der Waals surface area contributed by atoms with Gasteiger partial charge in [-0.2, -0.15) is 0 Å². The highest BCUT2D eigenvalue weighted by Gasteiger charge is 2.22. The minimum Gasteiger partial charge on any atom is -0.423 e. The molecule has 30 heavy (non-hydrogen) atoms. The number of aromatic nitrogens is 1. The number of benzene rings is 3. The summed E-state index contributed by atoms with van der Waals surface area (Å²) in [5.41, 5.74) is 3.35. The molecule has 0 saturated carbocycles. The van der Waals surface area contributed by atoms with Gasteiger partial charge in [0.1, 0.15) is 5.52 Å². The highest BCUT2D eigenvalue weighted by Crippen LogP contribution is 2.38. The van der Waals surface area contributed by atoms with Crippen LogP contribution in [0, 0.1) is 6.92 Å². The van der Waals surface area contributed by atoms with E-state index in [1.54, 1.807) is 6.07 Å². The van der Waals surface area contributed by atoms with Gasteiger partial charge in [-0.3, -0.25) is 4.79 Å². The Labute approximate surface area is 185 Å². The van der Waals surface area contributed by atoms with E-state index in [4.69, 9.17) is 27.9 Å². The second kappa shape index (κ2) is 8.86. The lowest BCUT2D eigenvalue weighted by atomic mass is 9.88. The standard InChI is InChI=1S/C25H19Cl2NO2/c1-16-12-13-19-21(26)15-22(27)25(24(19)28-16)30-23(29)14-20(17-8-4-2-5-9-17)18-10-6-3-7-11-18/h2-13,15,20H,14H2,1H3. The average Bonchev–Trinajstić information content (AvgIpc) is 2.76. The van der Waals surface area contributed by atoms with Crippen LogP contribution in [-0.2, 0) is 4.79 Å². The number of halogens is 2. The molecule has 0 unspecified atom stereocenters. The largest absolute Gasteiger partial charge is 0.423 e. The number of rotatable bonds is 5. The summed E-state index contributed by atoms with van der Waals surface area (Å²) in [6.45, 7) is 1.86. The molecule has 3 nitrogen and oxygen atoms in total. The van der Waals surface area contributed by atoms with Crippen LogP contribution in [0.4, 0.5) is 0 Å². The molecule has 0 aliphatic heterocycles. The van der Waals surface area contributed by atoms with E-state index in [9.17, 15) is 4.79 Å². The molecule has 4 aromatic rings. The van der Waals surface area contributed by atoms with Crippen molar-refractivity contribution in [2.24, 2.45) is 0 Å². The predicted molar refractivity (Wildman–Crippen MR) is 121 cm³/mol. The number of ether oxygens (including phenoxy) is 1. The number of carbonyl (C=O) groups is 1. The van der Waals surface area contributed by atoms with Crippen molar-refractivity contribution < 1.29 is 9.53 Å². The second-order valence-corrected chi connectivity index (χ2v) is 7.88. The number of fused-ring (bicyclic) bond motifs is 1. The third-order valence-electron chi connectivity index (χ3n) is 4.97. The molecule has 4 rings (SSSR count). The molecule has 0 saturated heterocycles. The van der Waals surface area contributed by atoms with Crippen LogP contribution in [0.5, 0.6) is 5.75 Å². The lowest BCUT2D eigenvalue weighted by Crippen LogP contribution is -2.15. The maximum Gasteiger partial charge on any atom is 0.312 e.